The Kier molecular flexibility index (Phi) is 6.85. The van der Waals surface area contributed by atoms with E-state index in [-0.39, 0.29) is 23.9 Å². The molecule has 7 nitrogen and oxygen atoms in total. The molecule has 0 aliphatic rings. The number of carbonyl (C=O) groups excluding carboxylic acids is 2. The summed E-state index contributed by atoms with van der Waals surface area (Å²) < 4.78 is 12.3. The van der Waals surface area contributed by atoms with Crippen molar-refractivity contribution in [2.75, 3.05) is 18.5 Å². The molecule has 0 unspecified atom stereocenters. The zero-order valence-electron chi connectivity index (χ0n) is 18.1. The molecule has 0 bridgehead atoms. The summed E-state index contributed by atoms with van der Waals surface area (Å²) in [6.07, 6.45) is 2.02. The Morgan fingerprint density at radius 1 is 1.16 bits per heavy atom. The monoisotopic (exact) mass is 443 g/mol. The van der Waals surface area contributed by atoms with Gasteiger partial charge in [-0.05, 0) is 36.6 Å². The maximum Gasteiger partial charge on any atom is 0.325 e. The van der Waals surface area contributed by atoms with E-state index in [1.165, 1.54) is 0 Å². The Labute approximate surface area is 186 Å². The van der Waals surface area contributed by atoms with Crippen molar-refractivity contribution in [3.05, 3.63) is 47.6 Å². The van der Waals surface area contributed by atoms with E-state index in [1.54, 1.807) is 47.9 Å². The number of hydrogen-bond acceptors (Lipinski definition) is 6. The lowest BCUT2D eigenvalue weighted by Gasteiger charge is -2.16. The maximum atomic E-state index is 12.2. The minimum absolute atomic E-state index is 0.0264. The summed E-state index contributed by atoms with van der Waals surface area (Å²) in [5.74, 6) is 0.337. The number of anilines is 1. The lowest BCUT2D eigenvalue weighted by Crippen LogP contribution is -2.18. The van der Waals surface area contributed by atoms with Gasteiger partial charge >= 0.3 is 11.9 Å². The molecule has 31 heavy (non-hydrogen) atoms. The van der Waals surface area contributed by atoms with Crippen LogP contribution in [0.25, 0.3) is 16.9 Å². The lowest BCUT2D eigenvalue weighted by molar-refractivity contribution is -0.141. The van der Waals surface area contributed by atoms with Crippen molar-refractivity contribution in [2.45, 2.75) is 34.1 Å². The van der Waals surface area contributed by atoms with Crippen LogP contribution in [0.3, 0.4) is 0 Å². The SMILES string of the molecule is CCOC(=O)CNc1c(-c2cccc(OC(=O)CC(C)(C)C)c2)nc2ccc(Cl)cn12. The van der Waals surface area contributed by atoms with E-state index in [2.05, 4.69) is 10.3 Å². The normalized spacial score (nSPS) is 11.4. The third-order valence-electron chi connectivity index (χ3n) is 4.30. The van der Waals surface area contributed by atoms with Gasteiger partial charge in [-0.25, -0.2) is 4.98 Å². The summed E-state index contributed by atoms with van der Waals surface area (Å²) in [6, 6.07) is 10.7. The average Bonchev–Trinajstić information content (AvgIpc) is 3.03. The molecule has 0 saturated heterocycles. The first-order chi connectivity index (χ1) is 14.7. The standard InChI is InChI=1S/C23H26ClN3O4/c1-5-30-20(29)13-25-22-21(26-18-10-9-16(24)14-27(18)22)15-7-6-8-17(11-15)31-19(28)12-23(2,3)4/h6-11,14,25H,5,12-13H2,1-4H3. The minimum Gasteiger partial charge on any atom is -0.465 e. The summed E-state index contributed by atoms with van der Waals surface area (Å²) in [5, 5.41) is 3.63. The van der Waals surface area contributed by atoms with Gasteiger partial charge in [-0.15, -0.1) is 0 Å². The molecule has 0 aliphatic carbocycles. The molecule has 3 rings (SSSR count). The summed E-state index contributed by atoms with van der Waals surface area (Å²) in [5.41, 5.74) is 1.81. The first-order valence-corrected chi connectivity index (χ1v) is 10.4. The molecule has 2 aromatic heterocycles. The molecule has 164 valence electrons. The lowest BCUT2D eigenvalue weighted by atomic mass is 9.92. The number of hydrogen-bond donors (Lipinski definition) is 1. The van der Waals surface area contributed by atoms with Crippen LogP contribution in [-0.2, 0) is 14.3 Å². The number of benzene rings is 1. The fourth-order valence-electron chi connectivity index (χ4n) is 3.06. The molecule has 0 radical (unpaired) electrons. The molecule has 0 aliphatic heterocycles. The van der Waals surface area contributed by atoms with Gasteiger partial charge in [0, 0.05) is 11.8 Å². The second-order valence-corrected chi connectivity index (χ2v) is 8.72. The number of ether oxygens (including phenoxy) is 2. The van der Waals surface area contributed by atoms with Crippen LogP contribution in [0.5, 0.6) is 5.75 Å². The van der Waals surface area contributed by atoms with E-state index in [0.29, 0.717) is 41.0 Å². The zero-order chi connectivity index (χ0) is 22.6. The van der Waals surface area contributed by atoms with Gasteiger partial charge in [-0.1, -0.05) is 44.5 Å². The summed E-state index contributed by atoms with van der Waals surface area (Å²) in [7, 11) is 0. The number of imidazole rings is 1. The smallest absolute Gasteiger partial charge is 0.325 e. The second kappa shape index (κ2) is 9.39. The third kappa shape index (κ3) is 5.98. The van der Waals surface area contributed by atoms with Crippen LogP contribution in [0.4, 0.5) is 5.82 Å². The van der Waals surface area contributed by atoms with E-state index in [0.717, 1.165) is 5.56 Å². The van der Waals surface area contributed by atoms with Crippen LogP contribution < -0.4 is 10.1 Å². The summed E-state index contributed by atoms with van der Waals surface area (Å²) in [4.78, 5) is 28.8. The molecule has 1 N–H and O–H groups in total. The van der Waals surface area contributed by atoms with Crippen LogP contribution in [0.2, 0.25) is 5.02 Å². The highest BCUT2D eigenvalue weighted by molar-refractivity contribution is 6.30. The number of halogens is 1. The second-order valence-electron chi connectivity index (χ2n) is 8.28. The number of pyridine rings is 1. The van der Waals surface area contributed by atoms with E-state index in [9.17, 15) is 9.59 Å². The van der Waals surface area contributed by atoms with Gasteiger partial charge in [0.05, 0.1) is 18.1 Å². The highest BCUT2D eigenvalue weighted by Crippen LogP contribution is 2.32. The predicted octanol–water partition coefficient (Wildman–Crippen LogP) is 4.97. The van der Waals surface area contributed by atoms with E-state index in [4.69, 9.17) is 21.1 Å². The van der Waals surface area contributed by atoms with Crippen molar-refractivity contribution in [1.29, 1.82) is 0 Å². The van der Waals surface area contributed by atoms with Crippen LogP contribution in [0.1, 0.15) is 34.1 Å². The Balaban J connectivity index is 1.95. The average molecular weight is 444 g/mol. The van der Waals surface area contributed by atoms with Crippen molar-refractivity contribution in [3.8, 4) is 17.0 Å². The number of aromatic nitrogens is 2. The van der Waals surface area contributed by atoms with E-state index < -0.39 is 0 Å². The highest BCUT2D eigenvalue weighted by atomic mass is 35.5. The quantitative estimate of drug-likeness (QED) is 0.410. The molecule has 2 heterocycles. The van der Waals surface area contributed by atoms with Crippen LogP contribution in [-0.4, -0.2) is 34.5 Å². The Bertz CT molecular complexity index is 1100. The van der Waals surface area contributed by atoms with Crippen molar-refractivity contribution < 1.29 is 19.1 Å². The predicted molar refractivity (Wildman–Crippen MR) is 120 cm³/mol. The fraction of sp³-hybridized carbons (Fsp3) is 0.348. The molecule has 1 aromatic carbocycles. The molecule has 0 atom stereocenters. The van der Waals surface area contributed by atoms with Gasteiger partial charge in [0.25, 0.3) is 0 Å². The molecular weight excluding hydrogens is 418 g/mol. The van der Waals surface area contributed by atoms with Gasteiger partial charge in [-0.2, -0.15) is 0 Å². The van der Waals surface area contributed by atoms with Crippen molar-refractivity contribution in [1.82, 2.24) is 9.38 Å². The van der Waals surface area contributed by atoms with Gasteiger partial charge in [-0.3, -0.25) is 14.0 Å². The molecule has 0 fully saturated rings. The summed E-state index contributed by atoms with van der Waals surface area (Å²) >= 11 is 6.17. The number of nitrogens with one attached hydrogen (secondary N) is 1. The summed E-state index contributed by atoms with van der Waals surface area (Å²) in [6.45, 7) is 7.97. The molecular formula is C23H26ClN3O4. The number of esters is 2. The van der Waals surface area contributed by atoms with Crippen molar-refractivity contribution in [3.63, 3.8) is 0 Å². The highest BCUT2D eigenvalue weighted by Gasteiger charge is 2.19. The van der Waals surface area contributed by atoms with Crippen molar-refractivity contribution >= 4 is 35.0 Å². The van der Waals surface area contributed by atoms with E-state index in [1.807, 2.05) is 26.8 Å². The van der Waals surface area contributed by atoms with Gasteiger partial charge < -0.3 is 14.8 Å². The van der Waals surface area contributed by atoms with Crippen LogP contribution in [0, 0.1) is 5.41 Å². The third-order valence-corrected chi connectivity index (χ3v) is 4.53. The topological polar surface area (TPSA) is 81.9 Å². The minimum atomic E-state index is -0.379. The fourth-order valence-corrected chi connectivity index (χ4v) is 3.22. The number of rotatable bonds is 7. The first kappa shape index (κ1) is 22.6. The van der Waals surface area contributed by atoms with E-state index >= 15 is 0 Å². The first-order valence-electron chi connectivity index (χ1n) is 10.0. The Morgan fingerprint density at radius 2 is 1.94 bits per heavy atom. The largest absolute Gasteiger partial charge is 0.465 e. The van der Waals surface area contributed by atoms with Crippen LogP contribution >= 0.6 is 11.6 Å². The Hall–Kier alpha value is -3.06. The number of fused-ring (bicyclic) bond motifs is 1. The number of nitrogens with zero attached hydrogens (tertiary/aromatic N) is 2. The van der Waals surface area contributed by atoms with Gasteiger partial charge in [0.1, 0.15) is 29.5 Å². The molecule has 0 spiro atoms. The molecule has 3 aromatic rings. The van der Waals surface area contributed by atoms with Crippen molar-refractivity contribution in [2.24, 2.45) is 5.41 Å². The molecule has 0 amide bonds. The Morgan fingerprint density at radius 3 is 2.65 bits per heavy atom. The molecule has 8 heteroatoms. The van der Waals surface area contributed by atoms with Crippen LogP contribution in [0.15, 0.2) is 42.6 Å². The zero-order valence-corrected chi connectivity index (χ0v) is 18.8. The number of carbonyl (C=O) groups is 2. The maximum absolute atomic E-state index is 12.2. The van der Waals surface area contributed by atoms with Gasteiger partial charge in [0.15, 0.2) is 0 Å². The van der Waals surface area contributed by atoms with Gasteiger partial charge in [0.2, 0.25) is 0 Å². The molecule has 0 saturated carbocycles.